The molecule has 0 aromatic heterocycles. The van der Waals surface area contributed by atoms with E-state index in [1.54, 1.807) is 31.2 Å². The summed E-state index contributed by atoms with van der Waals surface area (Å²) in [6, 6.07) is 17.5. The molecule has 0 bridgehead atoms. The maximum atomic E-state index is 13.2. The molecule has 0 atom stereocenters. The van der Waals surface area contributed by atoms with E-state index in [-0.39, 0.29) is 12.7 Å². The van der Waals surface area contributed by atoms with Gasteiger partial charge in [0, 0.05) is 18.7 Å². The molecule has 0 unspecified atom stereocenters. The molecule has 1 fully saturated rings. The SMILES string of the molecule is Cc1cc(OC/C=C(\c2ccc(C#CCN3CCC(O)CC3)cc2)c2ccc(C(F)(F)F)cc2)ccc1OCC(=O)O. The first kappa shape index (κ1) is 30.7. The van der Waals surface area contributed by atoms with Crippen molar-refractivity contribution < 1.29 is 37.7 Å². The van der Waals surface area contributed by atoms with Gasteiger partial charge in [-0.15, -0.1) is 0 Å². The van der Waals surface area contributed by atoms with Crippen LogP contribution < -0.4 is 9.47 Å². The Balaban J connectivity index is 1.50. The van der Waals surface area contributed by atoms with Crippen LogP contribution in [0.1, 0.15) is 40.7 Å². The largest absolute Gasteiger partial charge is 0.489 e. The van der Waals surface area contributed by atoms with E-state index in [2.05, 4.69) is 16.7 Å². The first-order valence-electron chi connectivity index (χ1n) is 13.5. The zero-order chi connectivity index (χ0) is 30.1. The predicted molar refractivity (Wildman–Crippen MR) is 153 cm³/mol. The van der Waals surface area contributed by atoms with E-state index in [1.807, 2.05) is 24.3 Å². The number of likely N-dealkylation sites (tertiary alicyclic amines) is 1. The number of aliphatic carboxylic acids is 1. The van der Waals surface area contributed by atoms with E-state index >= 15 is 0 Å². The van der Waals surface area contributed by atoms with Crippen LogP contribution in [-0.2, 0) is 11.0 Å². The molecule has 9 heteroatoms. The van der Waals surface area contributed by atoms with Gasteiger partial charge in [0.05, 0.1) is 18.2 Å². The molecule has 6 nitrogen and oxygen atoms in total. The summed E-state index contributed by atoms with van der Waals surface area (Å²) in [5, 5.41) is 18.5. The monoisotopic (exact) mass is 579 g/mol. The molecule has 220 valence electrons. The van der Waals surface area contributed by atoms with Crippen LogP contribution in [0.25, 0.3) is 5.57 Å². The molecule has 3 aromatic rings. The lowest BCUT2D eigenvalue weighted by molar-refractivity contribution is -0.139. The lowest BCUT2D eigenvalue weighted by Gasteiger charge is -2.27. The molecule has 0 aliphatic carbocycles. The highest BCUT2D eigenvalue weighted by Gasteiger charge is 2.30. The number of halogens is 3. The lowest BCUT2D eigenvalue weighted by atomic mass is 9.96. The minimum absolute atomic E-state index is 0.136. The van der Waals surface area contributed by atoms with Crippen molar-refractivity contribution in [2.45, 2.75) is 32.0 Å². The number of nitrogens with zero attached hydrogens (tertiary/aromatic N) is 1. The molecule has 0 saturated carbocycles. The van der Waals surface area contributed by atoms with Gasteiger partial charge in [-0.25, -0.2) is 4.79 Å². The van der Waals surface area contributed by atoms with E-state index in [0.29, 0.717) is 34.7 Å². The van der Waals surface area contributed by atoms with Crippen molar-refractivity contribution >= 4 is 11.5 Å². The molecule has 1 saturated heterocycles. The van der Waals surface area contributed by atoms with Crippen molar-refractivity contribution in [3.05, 3.63) is 101 Å². The van der Waals surface area contributed by atoms with Crippen molar-refractivity contribution in [3.8, 4) is 23.3 Å². The van der Waals surface area contributed by atoms with E-state index in [4.69, 9.17) is 14.6 Å². The summed E-state index contributed by atoms with van der Waals surface area (Å²) >= 11 is 0. The number of aliphatic hydroxyl groups excluding tert-OH is 1. The van der Waals surface area contributed by atoms with Crippen LogP contribution in [-0.4, -0.2) is 60.0 Å². The highest BCUT2D eigenvalue weighted by molar-refractivity contribution is 5.80. The summed E-state index contributed by atoms with van der Waals surface area (Å²) in [6.07, 6.45) is -1.35. The van der Waals surface area contributed by atoms with E-state index in [1.165, 1.54) is 12.1 Å². The summed E-state index contributed by atoms with van der Waals surface area (Å²) in [4.78, 5) is 13.0. The minimum Gasteiger partial charge on any atom is -0.489 e. The smallest absolute Gasteiger partial charge is 0.416 e. The Morgan fingerprint density at radius 2 is 1.64 bits per heavy atom. The first-order valence-corrected chi connectivity index (χ1v) is 13.5. The number of ether oxygens (including phenoxy) is 2. The Kier molecular flexibility index (Phi) is 10.3. The van der Waals surface area contributed by atoms with Gasteiger partial charge in [-0.1, -0.05) is 36.1 Å². The number of carboxylic acid groups (broad SMARTS) is 1. The first-order chi connectivity index (χ1) is 20.1. The number of benzene rings is 3. The van der Waals surface area contributed by atoms with Crippen molar-refractivity contribution in [1.29, 1.82) is 0 Å². The molecular weight excluding hydrogens is 547 g/mol. The second-order valence-corrected chi connectivity index (χ2v) is 10.0. The molecule has 42 heavy (non-hydrogen) atoms. The van der Waals surface area contributed by atoms with Gasteiger partial charge in [0.15, 0.2) is 6.61 Å². The van der Waals surface area contributed by atoms with Gasteiger partial charge in [0.25, 0.3) is 0 Å². The van der Waals surface area contributed by atoms with Gasteiger partial charge in [-0.05, 0) is 90.6 Å². The van der Waals surface area contributed by atoms with Crippen LogP contribution in [0.4, 0.5) is 13.2 Å². The number of alkyl halides is 3. The predicted octanol–water partition coefficient (Wildman–Crippen LogP) is 5.80. The maximum Gasteiger partial charge on any atom is 0.416 e. The molecular formula is C33H32F3NO5. The summed E-state index contributed by atoms with van der Waals surface area (Å²) in [5.41, 5.74) is 2.90. The summed E-state index contributed by atoms with van der Waals surface area (Å²) in [5.74, 6) is 6.23. The third-order valence-corrected chi connectivity index (χ3v) is 6.85. The zero-order valence-electron chi connectivity index (χ0n) is 23.2. The normalized spacial score (nSPS) is 14.6. The molecule has 1 aliphatic rings. The molecule has 3 aromatic carbocycles. The Bertz CT molecular complexity index is 1450. The standard InChI is InChI=1S/C33H32F3NO5/c1-23-21-29(12-13-31(23)42-22-32(39)40)41-20-16-30(26-8-10-27(11-9-26)33(34,35)36)25-6-4-24(5-7-25)3-2-17-37-18-14-28(38)15-19-37/h4-13,16,21,28,38H,14-15,17-20,22H2,1H3,(H,39,40)/b30-16+. The Hall–Kier alpha value is -4.26. The maximum absolute atomic E-state index is 13.2. The van der Waals surface area contributed by atoms with Gasteiger partial charge < -0.3 is 19.7 Å². The number of aryl methyl sites for hydroxylation is 1. The van der Waals surface area contributed by atoms with Gasteiger partial charge >= 0.3 is 12.1 Å². The van der Waals surface area contributed by atoms with Crippen molar-refractivity contribution in [3.63, 3.8) is 0 Å². The number of rotatable bonds is 9. The van der Waals surface area contributed by atoms with Crippen LogP contribution in [0.15, 0.2) is 72.8 Å². The minimum atomic E-state index is -4.43. The van der Waals surface area contributed by atoms with E-state index in [9.17, 15) is 23.1 Å². The van der Waals surface area contributed by atoms with Gasteiger partial charge in [-0.3, -0.25) is 4.90 Å². The van der Waals surface area contributed by atoms with Crippen LogP contribution in [0.5, 0.6) is 11.5 Å². The van der Waals surface area contributed by atoms with E-state index < -0.39 is 24.3 Å². The fraction of sp³-hybridized carbons (Fsp3) is 0.303. The fourth-order valence-corrected chi connectivity index (χ4v) is 4.54. The van der Waals surface area contributed by atoms with Gasteiger partial charge in [0.2, 0.25) is 0 Å². The number of hydrogen-bond acceptors (Lipinski definition) is 5. The second-order valence-electron chi connectivity index (χ2n) is 10.0. The van der Waals surface area contributed by atoms with Crippen LogP contribution in [0.2, 0.25) is 0 Å². The third-order valence-electron chi connectivity index (χ3n) is 6.85. The topological polar surface area (TPSA) is 79.2 Å². The van der Waals surface area contributed by atoms with Crippen molar-refractivity contribution in [2.75, 3.05) is 32.8 Å². The third kappa shape index (κ3) is 8.87. The molecule has 0 spiro atoms. The van der Waals surface area contributed by atoms with Gasteiger partial charge in [0.1, 0.15) is 18.1 Å². The molecule has 4 rings (SSSR count). The van der Waals surface area contributed by atoms with Crippen LogP contribution >= 0.6 is 0 Å². The summed E-state index contributed by atoms with van der Waals surface area (Å²) < 4.78 is 50.6. The molecule has 1 aliphatic heterocycles. The van der Waals surface area contributed by atoms with Crippen LogP contribution in [0, 0.1) is 18.8 Å². The van der Waals surface area contributed by atoms with E-state index in [0.717, 1.165) is 49.2 Å². The average Bonchev–Trinajstić information content (AvgIpc) is 2.96. The summed E-state index contributed by atoms with van der Waals surface area (Å²) in [7, 11) is 0. The average molecular weight is 580 g/mol. The number of carboxylic acids is 1. The molecule has 0 amide bonds. The fourth-order valence-electron chi connectivity index (χ4n) is 4.54. The van der Waals surface area contributed by atoms with Gasteiger partial charge in [-0.2, -0.15) is 13.2 Å². The number of aliphatic hydroxyl groups is 1. The quantitative estimate of drug-likeness (QED) is 0.312. The molecule has 2 N–H and O–H groups in total. The Morgan fingerprint density at radius 3 is 2.24 bits per heavy atom. The van der Waals surface area contributed by atoms with Crippen LogP contribution in [0.3, 0.4) is 0 Å². The molecule has 1 heterocycles. The highest BCUT2D eigenvalue weighted by atomic mass is 19.4. The summed E-state index contributed by atoms with van der Waals surface area (Å²) in [6.45, 7) is 3.72. The zero-order valence-corrected chi connectivity index (χ0v) is 23.2. The van der Waals surface area contributed by atoms with Crippen molar-refractivity contribution in [1.82, 2.24) is 4.90 Å². The number of hydrogen-bond donors (Lipinski definition) is 2. The van der Waals surface area contributed by atoms with Crippen molar-refractivity contribution in [2.24, 2.45) is 0 Å². The Labute approximate surface area is 243 Å². The number of piperidine rings is 1. The second kappa shape index (κ2) is 14.1. The highest BCUT2D eigenvalue weighted by Crippen LogP contribution is 2.32. The molecule has 0 radical (unpaired) electrons. The number of carbonyl (C=O) groups is 1. The lowest BCUT2D eigenvalue weighted by Crippen LogP contribution is -2.35. The Morgan fingerprint density at radius 1 is 1.00 bits per heavy atom.